The lowest BCUT2D eigenvalue weighted by atomic mass is 10.2. The van der Waals surface area contributed by atoms with Gasteiger partial charge < -0.3 is 20.1 Å². The lowest BCUT2D eigenvalue weighted by molar-refractivity contribution is -0.668. The van der Waals surface area contributed by atoms with Gasteiger partial charge in [0.05, 0.1) is 26.6 Å². The molecule has 12 nitrogen and oxygen atoms in total. The van der Waals surface area contributed by atoms with Gasteiger partial charge in [-0.25, -0.2) is 8.42 Å². The fourth-order valence-electron chi connectivity index (χ4n) is 4.81. The molecular weight excluding hydrogens is 661 g/mol. The zero-order valence-electron chi connectivity index (χ0n) is 24.9. The number of carbonyl (C=O) groups is 2. The number of aryl methyl sites for hydroxylation is 1. The molecule has 3 N–H and O–H groups in total. The van der Waals surface area contributed by atoms with E-state index in [1.165, 1.54) is 36.9 Å². The molecule has 0 fully saturated rings. The van der Waals surface area contributed by atoms with E-state index in [1.54, 1.807) is 12.1 Å². The molecule has 0 saturated heterocycles. The highest BCUT2D eigenvalue weighted by atomic mass is 32.2. The number of aromatic nitrogens is 1. The highest BCUT2D eigenvalue weighted by molar-refractivity contribution is 8.03. The number of hydrogen-bond acceptors (Lipinski definition) is 10. The topological polar surface area (TPSA) is 177 Å². The molecule has 0 bridgehead atoms. The van der Waals surface area contributed by atoms with Crippen LogP contribution in [0.1, 0.15) is 45.0 Å². The third kappa shape index (κ3) is 9.85. The first-order valence-electron chi connectivity index (χ1n) is 14.0. The van der Waals surface area contributed by atoms with Crippen LogP contribution >= 0.6 is 23.1 Å². The van der Waals surface area contributed by atoms with Crippen LogP contribution in [0.2, 0.25) is 0 Å². The summed E-state index contributed by atoms with van der Waals surface area (Å²) < 4.78 is 69.0. The molecule has 4 rings (SSSR count). The van der Waals surface area contributed by atoms with Gasteiger partial charge in [-0.2, -0.15) is 13.0 Å². The highest BCUT2D eigenvalue weighted by Gasteiger charge is 2.27. The number of benzene rings is 2. The number of anilines is 3. The van der Waals surface area contributed by atoms with E-state index in [9.17, 15) is 35.5 Å². The maximum Gasteiger partial charge on any atom is 0.264 e. The second-order valence-electron chi connectivity index (χ2n) is 10.4. The molecule has 45 heavy (non-hydrogen) atoms. The van der Waals surface area contributed by atoms with Crippen LogP contribution in [0.5, 0.6) is 0 Å². The molecule has 3 aromatic rings. The quantitative estimate of drug-likeness (QED) is 0.170. The molecule has 16 heteroatoms. The summed E-state index contributed by atoms with van der Waals surface area (Å²) in [4.78, 5) is 26.2. The maximum absolute atomic E-state index is 11.7. The van der Waals surface area contributed by atoms with Gasteiger partial charge in [0.15, 0.2) is 6.54 Å². The van der Waals surface area contributed by atoms with Gasteiger partial charge in [-0.1, -0.05) is 30.0 Å². The van der Waals surface area contributed by atoms with E-state index in [0.29, 0.717) is 24.3 Å². The molecule has 0 atom stereocenters. The number of hydrogen-bond donors (Lipinski definition) is 3. The second kappa shape index (κ2) is 14.4. The van der Waals surface area contributed by atoms with Gasteiger partial charge >= 0.3 is 0 Å². The number of carbonyl (C=O) groups excluding carboxylic acids is 2. The minimum Gasteiger partial charge on any atom is -0.748 e. The van der Waals surface area contributed by atoms with Gasteiger partial charge in [-0.15, -0.1) is 0 Å². The molecule has 0 radical (unpaired) electrons. The summed E-state index contributed by atoms with van der Waals surface area (Å²) in [6, 6.07) is 11.0. The van der Waals surface area contributed by atoms with E-state index in [0.717, 1.165) is 36.4 Å². The summed E-state index contributed by atoms with van der Waals surface area (Å²) >= 11 is 2.98. The molecule has 0 spiro atoms. The van der Waals surface area contributed by atoms with Crippen LogP contribution in [-0.2, 0) is 36.4 Å². The van der Waals surface area contributed by atoms with Gasteiger partial charge in [-0.3, -0.25) is 14.1 Å². The van der Waals surface area contributed by atoms with Gasteiger partial charge in [0.25, 0.3) is 15.1 Å². The molecule has 1 aliphatic rings. The Bertz CT molecular complexity index is 1900. The van der Waals surface area contributed by atoms with Crippen molar-refractivity contribution < 1.29 is 40.1 Å². The Labute approximate surface area is 270 Å². The zero-order valence-corrected chi connectivity index (χ0v) is 28.2. The van der Waals surface area contributed by atoms with E-state index < -0.39 is 31.7 Å². The third-order valence-electron chi connectivity index (χ3n) is 6.69. The molecule has 1 aliphatic heterocycles. The van der Waals surface area contributed by atoms with Crippen molar-refractivity contribution in [2.24, 2.45) is 0 Å². The Hall–Kier alpha value is -3.28. The standard InChI is InChI=1S/C29H34N4O8S4/c1-4-21(15-28-32(11-5-13-44(36,37)38)24-17-22(30-19(2)34)7-9-26(24)42-28)16-29-33(12-6-14-45(39,40)41)25-18-23(31-20(3)35)8-10-27(25)43-29/h7-10,15-18H,4-6,11-14H2,1-3H3,(H3-,30,31,34,35,36,37,38,39,40,41). The summed E-state index contributed by atoms with van der Waals surface area (Å²) in [5.41, 5.74) is 3.68. The smallest absolute Gasteiger partial charge is 0.264 e. The number of thiazole rings is 1. The van der Waals surface area contributed by atoms with Crippen LogP contribution in [0.4, 0.5) is 17.1 Å². The average molecular weight is 695 g/mol. The predicted molar refractivity (Wildman–Crippen MR) is 177 cm³/mol. The number of nitrogens with zero attached hydrogens (tertiary/aromatic N) is 2. The molecule has 2 amide bonds. The second-order valence-corrected chi connectivity index (χ2v) is 15.6. The van der Waals surface area contributed by atoms with Crippen LogP contribution < -0.4 is 20.1 Å². The molecule has 0 aliphatic carbocycles. The Morgan fingerprint density at radius 2 is 1.67 bits per heavy atom. The number of rotatable bonds is 13. The predicted octanol–water partition coefficient (Wildman–Crippen LogP) is 4.57. The normalized spacial score (nSPS) is 14.6. The fourth-order valence-corrected chi connectivity index (χ4v) is 8.07. The van der Waals surface area contributed by atoms with Gasteiger partial charge in [0.1, 0.15) is 4.70 Å². The third-order valence-corrected chi connectivity index (χ3v) is 10.5. The number of allylic oxidation sites excluding steroid dienone is 2. The van der Waals surface area contributed by atoms with Crippen LogP contribution in [0.15, 0.2) is 58.0 Å². The number of amides is 2. The van der Waals surface area contributed by atoms with E-state index in [2.05, 4.69) is 10.6 Å². The fraction of sp³-hybridized carbons (Fsp3) is 0.345. The van der Waals surface area contributed by atoms with Crippen LogP contribution in [0.3, 0.4) is 0 Å². The van der Waals surface area contributed by atoms with Crippen molar-refractivity contribution in [2.75, 3.05) is 33.6 Å². The first-order chi connectivity index (χ1) is 21.1. The molecular formula is C29H34N4O8S4. The largest absolute Gasteiger partial charge is 0.748 e. The molecule has 1 aromatic heterocycles. The first kappa shape index (κ1) is 34.6. The molecule has 242 valence electrons. The Balaban J connectivity index is 1.75. The van der Waals surface area contributed by atoms with Crippen molar-refractivity contribution in [2.45, 2.75) is 51.5 Å². The van der Waals surface area contributed by atoms with E-state index in [-0.39, 0.29) is 31.2 Å². The van der Waals surface area contributed by atoms with Crippen molar-refractivity contribution in [1.82, 2.24) is 0 Å². The Kier molecular flexibility index (Phi) is 11.1. The van der Waals surface area contributed by atoms with Gasteiger partial charge in [-0.05, 0) is 54.8 Å². The lowest BCUT2D eigenvalue weighted by Crippen LogP contribution is -2.36. The Morgan fingerprint density at radius 3 is 2.29 bits per heavy atom. The lowest BCUT2D eigenvalue weighted by Gasteiger charge is -2.21. The van der Waals surface area contributed by atoms with Gasteiger partial charge in [0, 0.05) is 61.0 Å². The summed E-state index contributed by atoms with van der Waals surface area (Å²) in [6.45, 7) is 5.37. The monoisotopic (exact) mass is 694 g/mol. The number of nitrogens with one attached hydrogen (secondary N) is 2. The summed E-state index contributed by atoms with van der Waals surface area (Å²) in [5.74, 6) is -1.36. The number of thioether (sulfide) groups is 1. The van der Waals surface area contributed by atoms with Crippen molar-refractivity contribution >= 4 is 88.5 Å². The minimum absolute atomic E-state index is 0.111. The molecule has 0 saturated carbocycles. The minimum atomic E-state index is -4.40. The summed E-state index contributed by atoms with van der Waals surface area (Å²) in [7, 11) is -8.55. The van der Waals surface area contributed by atoms with Crippen molar-refractivity contribution in [3.05, 3.63) is 58.1 Å². The van der Waals surface area contributed by atoms with Gasteiger partial charge in [0.2, 0.25) is 17.3 Å². The van der Waals surface area contributed by atoms with Crippen molar-refractivity contribution in [3.63, 3.8) is 0 Å². The SMILES string of the molecule is CCC(/C=C1\Sc2ccc(NC(C)=O)cc2N1CCCS(=O)(=O)O)=C\c1sc2ccc(NC(C)=O)cc2[n+]1CCCS(=O)(=O)[O-]. The Morgan fingerprint density at radius 1 is 1.00 bits per heavy atom. The average Bonchev–Trinajstić information content (AvgIpc) is 3.43. The maximum atomic E-state index is 11.7. The van der Waals surface area contributed by atoms with E-state index >= 15 is 0 Å². The number of fused-ring (bicyclic) bond motifs is 2. The molecule has 2 aromatic carbocycles. The van der Waals surface area contributed by atoms with Crippen molar-refractivity contribution in [3.8, 4) is 0 Å². The van der Waals surface area contributed by atoms with Crippen LogP contribution in [-0.4, -0.2) is 55.8 Å². The van der Waals surface area contributed by atoms with E-state index in [4.69, 9.17) is 0 Å². The highest BCUT2D eigenvalue weighted by Crippen LogP contribution is 2.47. The summed E-state index contributed by atoms with van der Waals surface area (Å²) in [6.07, 6.45) is 4.89. The van der Waals surface area contributed by atoms with Crippen LogP contribution in [0.25, 0.3) is 16.3 Å². The summed E-state index contributed by atoms with van der Waals surface area (Å²) in [5, 5.41) is 7.17. The molecule has 0 unspecified atom stereocenters. The van der Waals surface area contributed by atoms with Crippen molar-refractivity contribution in [1.29, 1.82) is 0 Å². The van der Waals surface area contributed by atoms with Crippen LogP contribution in [0, 0.1) is 0 Å². The first-order valence-corrected chi connectivity index (χ1v) is 18.9. The van der Waals surface area contributed by atoms with E-state index in [1.807, 2.05) is 52.8 Å². The molecule has 2 heterocycles. The zero-order chi connectivity index (χ0) is 32.9.